The van der Waals surface area contributed by atoms with Crippen LogP contribution in [0.15, 0.2) is 16.6 Å². The van der Waals surface area contributed by atoms with Crippen molar-refractivity contribution >= 4 is 15.9 Å². The molecule has 1 aromatic rings. The molecule has 0 spiro atoms. The summed E-state index contributed by atoms with van der Waals surface area (Å²) in [6.07, 6.45) is 2.99. The summed E-state index contributed by atoms with van der Waals surface area (Å²) in [6.45, 7) is 1.99. The molecular formula is C12H14BrF2N. The predicted molar refractivity (Wildman–Crippen MR) is 63.4 cm³/mol. The molecule has 1 saturated heterocycles. The van der Waals surface area contributed by atoms with Crippen LogP contribution in [0.1, 0.15) is 18.4 Å². The normalized spacial score (nSPS) is 21.1. The van der Waals surface area contributed by atoms with E-state index in [9.17, 15) is 8.78 Å². The summed E-state index contributed by atoms with van der Waals surface area (Å²) in [6, 6.07) is 2.33. The number of piperidine rings is 1. The highest BCUT2D eigenvalue weighted by Crippen LogP contribution is 2.26. The minimum atomic E-state index is -0.515. The number of rotatable bonds is 2. The third-order valence-electron chi connectivity index (χ3n) is 2.98. The number of nitrogens with one attached hydrogen (secondary N) is 1. The lowest BCUT2D eigenvalue weighted by atomic mass is 9.92. The fourth-order valence-corrected chi connectivity index (χ4v) is 2.56. The predicted octanol–water partition coefficient (Wildman–Crippen LogP) is 3.27. The van der Waals surface area contributed by atoms with Gasteiger partial charge in [-0.3, -0.25) is 0 Å². The van der Waals surface area contributed by atoms with Crippen LogP contribution in [0, 0.1) is 17.6 Å². The highest BCUT2D eigenvalue weighted by atomic mass is 79.9. The fourth-order valence-electron chi connectivity index (χ4n) is 2.17. The Morgan fingerprint density at radius 1 is 1.38 bits per heavy atom. The smallest absolute Gasteiger partial charge is 0.140 e. The molecule has 88 valence electrons. The zero-order chi connectivity index (χ0) is 11.5. The first-order valence-electron chi connectivity index (χ1n) is 5.51. The van der Waals surface area contributed by atoms with E-state index < -0.39 is 11.6 Å². The maximum absolute atomic E-state index is 13.3. The molecule has 1 aromatic carbocycles. The van der Waals surface area contributed by atoms with Gasteiger partial charge in [-0.15, -0.1) is 0 Å². The van der Waals surface area contributed by atoms with Crippen molar-refractivity contribution in [1.29, 1.82) is 0 Å². The van der Waals surface area contributed by atoms with Crippen LogP contribution in [0.25, 0.3) is 0 Å². The average molecular weight is 290 g/mol. The zero-order valence-corrected chi connectivity index (χ0v) is 10.5. The zero-order valence-electron chi connectivity index (χ0n) is 8.90. The van der Waals surface area contributed by atoms with Crippen LogP contribution in [-0.4, -0.2) is 13.1 Å². The van der Waals surface area contributed by atoms with E-state index >= 15 is 0 Å². The van der Waals surface area contributed by atoms with E-state index in [0.29, 0.717) is 10.4 Å². The monoisotopic (exact) mass is 289 g/mol. The van der Waals surface area contributed by atoms with Crippen LogP contribution in [0.3, 0.4) is 0 Å². The Balaban J connectivity index is 2.13. The molecule has 16 heavy (non-hydrogen) atoms. The van der Waals surface area contributed by atoms with Crippen molar-refractivity contribution in [2.24, 2.45) is 5.92 Å². The molecule has 1 aliphatic rings. The molecule has 0 saturated carbocycles. The van der Waals surface area contributed by atoms with Gasteiger partial charge in [0.2, 0.25) is 0 Å². The third kappa shape index (κ3) is 2.80. The van der Waals surface area contributed by atoms with E-state index in [1.165, 1.54) is 6.07 Å². The Hall–Kier alpha value is -0.480. The number of benzene rings is 1. The van der Waals surface area contributed by atoms with Gasteiger partial charge >= 0.3 is 0 Å². The first kappa shape index (κ1) is 12.0. The Morgan fingerprint density at radius 2 is 2.19 bits per heavy atom. The second kappa shape index (κ2) is 5.23. The summed E-state index contributed by atoms with van der Waals surface area (Å²) >= 11 is 3.18. The van der Waals surface area contributed by atoms with Gasteiger partial charge < -0.3 is 5.32 Å². The number of halogens is 3. The summed E-state index contributed by atoms with van der Waals surface area (Å²) in [5, 5.41) is 3.30. The van der Waals surface area contributed by atoms with Gasteiger partial charge in [0.25, 0.3) is 0 Å². The lowest BCUT2D eigenvalue weighted by molar-refractivity contribution is 0.374. The van der Waals surface area contributed by atoms with Crippen LogP contribution in [0.2, 0.25) is 0 Å². The fraction of sp³-hybridized carbons (Fsp3) is 0.500. The van der Waals surface area contributed by atoms with Gasteiger partial charge in [-0.2, -0.15) is 0 Å². The second-order valence-corrected chi connectivity index (χ2v) is 5.07. The molecule has 1 heterocycles. The van der Waals surface area contributed by atoms with Gasteiger partial charge in [0.05, 0.1) is 4.47 Å². The van der Waals surface area contributed by atoms with Crippen LogP contribution >= 0.6 is 15.9 Å². The SMILES string of the molecule is Fc1cc(F)c(Br)c(CC2CCCNC2)c1. The lowest BCUT2D eigenvalue weighted by Crippen LogP contribution is -2.30. The first-order chi connectivity index (χ1) is 7.66. The van der Waals surface area contributed by atoms with E-state index in [1.54, 1.807) is 0 Å². The van der Waals surface area contributed by atoms with Crippen molar-refractivity contribution in [2.45, 2.75) is 19.3 Å². The van der Waals surface area contributed by atoms with Gasteiger partial charge in [0.1, 0.15) is 11.6 Å². The molecule has 1 atom stereocenters. The van der Waals surface area contributed by atoms with E-state index in [1.807, 2.05) is 0 Å². The Labute approximate surface area is 102 Å². The van der Waals surface area contributed by atoms with Gasteiger partial charge in [-0.05, 0) is 65.8 Å². The summed E-state index contributed by atoms with van der Waals surface area (Å²) in [7, 11) is 0. The number of hydrogen-bond acceptors (Lipinski definition) is 1. The van der Waals surface area contributed by atoms with Crippen LogP contribution in [0.4, 0.5) is 8.78 Å². The van der Waals surface area contributed by atoms with Crippen molar-refractivity contribution in [1.82, 2.24) is 5.32 Å². The molecule has 1 unspecified atom stereocenters. The second-order valence-electron chi connectivity index (χ2n) is 4.28. The molecular weight excluding hydrogens is 276 g/mol. The highest BCUT2D eigenvalue weighted by Gasteiger charge is 2.17. The maximum atomic E-state index is 13.3. The molecule has 1 fully saturated rings. The van der Waals surface area contributed by atoms with Crippen LogP contribution in [-0.2, 0) is 6.42 Å². The highest BCUT2D eigenvalue weighted by molar-refractivity contribution is 9.10. The standard InChI is InChI=1S/C12H14BrF2N/c13-12-9(5-10(14)6-11(12)15)4-8-2-1-3-16-7-8/h5-6,8,16H,1-4,7H2. The molecule has 2 rings (SSSR count). The molecule has 0 amide bonds. The summed E-state index contributed by atoms with van der Waals surface area (Å²) in [5.41, 5.74) is 0.728. The molecule has 1 N–H and O–H groups in total. The quantitative estimate of drug-likeness (QED) is 0.824. The van der Waals surface area contributed by atoms with E-state index in [4.69, 9.17) is 0 Å². The van der Waals surface area contributed by atoms with E-state index in [0.717, 1.165) is 44.0 Å². The Kier molecular flexibility index (Phi) is 3.92. The largest absolute Gasteiger partial charge is 0.316 e. The molecule has 1 nitrogen and oxygen atoms in total. The van der Waals surface area contributed by atoms with E-state index in [-0.39, 0.29) is 0 Å². The van der Waals surface area contributed by atoms with Crippen molar-refractivity contribution < 1.29 is 8.78 Å². The maximum Gasteiger partial charge on any atom is 0.140 e. The van der Waals surface area contributed by atoms with Crippen molar-refractivity contribution in [3.63, 3.8) is 0 Å². The summed E-state index contributed by atoms with van der Waals surface area (Å²) in [4.78, 5) is 0. The van der Waals surface area contributed by atoms with Crippen molar-refractivity contribution in [3.8, 4) is 0 Å². The number of hydrogen-bond donors (Lipinski definition) is 1. The van der Waals surface area contributed by atoms with Crippen molar-refractivity contribution in [3.05, 3.63) is 33.8 Å². The van der Waals surface area contributed by atoms with E-state index in [2.05, 4.69) is 21.2 Å². The van der Waals surface area contributed by atoms with Gasteiger partial charge in [-0.1, -0.05) is 0 Å². The van der Waals surface area contributed by atoms with Crippen LogP contribution in [0.5, 0.6) is 0 Å². The molecule has 0 bridgehead atoms. The molecule has 0 radical (unpaired) electrons. The summed E-state index contributed by atoms with van der Waals surface area (Å²) in [5.74, 6) is -0.538. The molecule has 0 aromatic heterocycles. The average Bonchev–Trinajstić information content (AvgIpc) is 2.27. The van der Waals surface area contributed by atoms with Gasteiger partial charge in [-0.25, -0.2) is 8.78 Å². The molecule has 4 heteroatoms. The Morgan fingerprint density at radius 3 is 2.88 bits per heavy atom. The van der Waals surface area contributed by atoms with Crippen LogP contribution < -0.4 is 5.32 Å². The minimum Gasteiger partial charge on any atom is -0.316 e. The minimum absolute atomic E-state index is 0.402. The first-order valence-corrected chi connectivity index (χ1v) is 6.30. The molecule has 1 aliphatic heterocycles. The molecule has 0 aliphatic carbocycles. The third-order valence-corrected chi connectivity index (χ3v) is 3.86. The summed E-state index contributed by atoms with van der Waals surface area (Å²) < 4.78 is 26.8. The Bertz CT molecular complexity index is 376. The van der Waals surface area contributed by atoms with Gasteiger partial charge in [0.15, 0.2) is 0 Å². The lowest BCUT2D eigenvalue weighted by Gasteiger charge is -2.23. The van der Waals surface area contributed by atoms with Crippen molar-refractivity contribution in [2.75, 3.05) is 13.1 Å². The topological polar surface area (TPSA) is 12.0 Å². The van der Waals surface area contributed by atoms with Gasteiger partial charge in [0, 0.05) is 6.07 Å².